The summed E-state index contributed by atoms with van der Waals surface area (Å²) in [5, 5.41) is 6.91. The summed E-state index contributed by atoms with van der Waals surface area (Å²) in [6.07, 6.45) is 0.373. The molecule has 0 aliphatic rings. The molecule has 0 bridgehead atoms. The third kappa shape index (κ3) is 5.32. The molecule has 9 nitrogen and oxygen atoms in total. The first-order valence-corrected chi connectivity index (χ1v) is 11.2. The third-order valence-corrected chi connectivity index (χ3v) is 6.03. The standard InChI is InChI=1S/C22H24N6O3S2/c1-27-17-11-13(3-5-15(17)25-21(27)32)23-19(29)7-9-31-10-8-20(30)24-14-4-6-16-18(12-14)28(2)22(33)26-16/h3-6,11-12H,7-10H2,1-2H3,(H,23,29)(H,24,30)(H,25,32)(H,26,33). The quantitative estimate of drug-likeness (QED) is 0.227. The van der Waals surface area contributed by atoms with Gasteiger partial charge in [0.05, 0.1) is 48.1 Å². The van der Waals surface area contributed by atoms with Gasteiger partial charge in [0.1, 0.15) is 0 Å². The molecule has 4 aromatic rings. The lowest BCUT2D eigenvalue weighted by Gasteiger charge is -2.08. The summed E-state index contributed by atoms with van der Waals surface area (Å²) in [4.78, 5) is 33.0. The molecule has 4 rings (SSSR count). The van der Waals surface area contributed by atoms with Crippen molar-refractivity contribution in [3.05, 3.63) is 36.4 Å². The minimum Gasteiger partial charge on any atom is -0.380 e. The molecule has 33 heavy (non-hydrogen) atoms. The van der Waals surface area contributed by atoms with E-state index >= 15 is 0 Å². The second kappa shape index (κ2) is 9.86. The number of nitrogens with zero attached hydrogens (tertiary/aromatic N) is 4. The molecule has 2 N–H and O–H groups in total. The van der Waals surface area contributed by atoms with E-state index in [0.717, 1.165) is 22.1 Å². The van der Waals surface area contributed by atoms with Crippen molar-refractivity contribution >= 4 is 70.5 Å². The number of amides is 2. The van der Waals surface area contributed by atoms with E-state index in [2.05, 4.69) is 45.9 Å². The zero-order chi connectivity index (χ0) is 23.5. The number of thiol groups is 2. The summed E-state index contributed by atoms with van der Waals surface area (Å²) in [5.74, 6) is -0.333. The maximum atomic E-state index is 12.2. The molecular formula is C22H24N6O3S2. The number of rotatable bonds is 8. The van der Waals surface area contributed by atoms with E-state index in [1.165, 1.54) is 0 Å². The number of nitrogens with one attached hydrogen (secondary N) is 2. The monoisotopic (exact) mass is 484 g/mol. The molecule has 0 unspecified atom stereocenters. The van der Waals surface area contributed by atoms with Gasteiger partial charge < -0.3 is 24.5 Å². The van der Waals surface area contributed by atoms with Gasteiger partial charge in [0, 0.05) is 25.5 Å². The fraction of sp³-hybridized carbons (Fsp3) is 0.273. The normalized spacial score (nSPS) is 11.3. The molecule has 0 fully saturated rings. The second-order valence-corrected chi connectivity index (χ2v) is 8.36. The Bertz CT molecular complexity index is 1250. The molecular weight excluding hydrogens is 460 g/mol. The van der Waals surface area contributed by atoms with Gasteiger partial charge in [-0.2, -0.15) is 0 Å². The Balaban J connectivity index is 1.18. The maximum absolute atomic E-state index is 12.2. The van der Waals surface area contributed by atoms with Gasteiger partial charge in [-0.25, -0.2) is 9.97 Å². The zero-order valence-corrected chi connectivity index (χ0v) is 20.0. The molecule has 172 valence electrons. The van der Waals surface area contributed by atoms with Crippen LogP contribution in [0.1, 0.15) is 12.8 Å². The summed E-state index contributed by atoms with van der Waals surface area (Å²) in [7, 11) is 3.73. The van der Waals surface area contributed by atoms with Crippen molar-refractivity contribution in [2.75, 3.05) is 23.8 Å². The fourth-order valence-electron chi connectivity index (χ4n) is 3.39. The second-order valence-electron chi connectivity index (χ2n) is 7.56. The van der Waals surface area contributed by atoms with Crippen LogP contribution in [-0.4, -0.2) is 44.1 Å². The van der Waals surface area contributed by atoms with Crippen molar-refractivity contribution in [3.8, 4) is 0 Å². The molecule has 0 radical (unpaired) electrons. The van der Waals surface area contributed by atoms with Crippen molar-refractivity contribution in [2.24, 2.45) is 14.1 Å². The van der Waals surface area contributed by atoms with Crippen LogP contribution in [0.5, 0.6) is 0 Å². The van der Waals surface area contributed by atoms with Gasteiger partial charge in [-0.3, -0.25) is 9.59 Å². The van der Waals surface area contributed by atoms with Gasteiger partial charge in [-0.1, -0.05) is 0 Å². The number of aryl methyl sites for hydroxylation is 2. The highest BCUT2D eigenvalue weighted by molar-refractivity contribution is 7.80. The van der Waals surface area contributed by atoms with Crippen LogP contribution in [0.15, 0.2) is 46.7 Å². The summed E-state index contributed by atoms with van der Waals surface area (Å²) < 4.78 is 9.15. The van der Waals surface area contributed by atoms with Gasteiger partial charge in [0.25, 0.3) is 0 Å². The van der Waals surface area contributed by atoms with E-state index in [1.807, 2.05) is 47.5 Å². The highest BCUT2D eigenvalue weighted by atomic mass is 32.1. The summed E-state index contributed by atoms with van der Waals surface area (Å²) in [5.41, 5.74) is 4.75. The number of hydrogen-bond acceptors (Lipinski definition) is 7. The van der Waals surface area contributed by atoms with Gasteiger partial charge in [-0.05, 0) is 36.4 Å². The average Bonchev–Trinajstić information content (AvgIpc) is 3.22. The minimum atomic E-state index is -0.167. The molecule has 2 aromatic heterocycles. The smallest absolute Gasteiger partial charge is 0.226 e. The number of carbonyl (C=O) groups is 2. The van der Waals surface area contributed by atoms with Crippen molar-refractivity contribution < 1.29 is 14.3 Å². The number of benzene rings is 2. The van der Waals surface area contributed by atoms with E-state index in [4.69, 9.17) is 4.74 Å². The number of anilines is 2. The van der Waals surface area contributed by atoms with E-state index < -0.39 is 0 Å². The molecule has 0 aliphatic heterocycles. The van der Waals surface area contributed by atoms with Crippen LogP contribution in [-0.2, 0) is 28.4 Å². The summed E-state index contributed by atoms with van der Waals surface area (Å²) >= 11 is 8.60. The van der Waals surface area contributed by atoms with Crippen molar-refractivity contribution in [2.45, 2.75) is 23.2 Å². The van der Waals surface area contributed by atoms with Gasteiger partial charge in [-0.15, -0.1) is 25.3 Å². The van der Waals surface area contributed by atoms with Crippen LogP contribution in [0.25, 0.3) is 22.1 Å². The van der Waals surface area contributed by atoms with Crippen molar-refractivity contribution in [1.82, 2.24) is 19.1 Å². The van der Waals surface area contributed by atoms with Crippen molar-refractivity contribution in [1.29, 1.82) is 0 Å². The number of fused-ring (bicyclic) bond motifs is 2. The van der Waals surface area contributed by atoms with E-state index in [-0.39, 0.29) is 37.9 Å². The fourth-order valence-corrected chi connectivity index (χ4v) is 3.82. The molecule has 11 heteroatoms. The Morgan fingerprint density at radius 3 is 1.67 bits per heavy atom. The average molecular weight is 485 g/mol. The summed E-state index contributed by atoms with van der Waals surface area (Å²) in [6, 6.07) is 11.0. The Kier molecular flexibility index (Phi) is 6.91. The minimum absolute atomic E-state index is 0.167. The van der Waals surface area contributed by atoms with E-state index in [1.54, 1.807) is 12.1 Å². The van der Waals surface area contributed by atoms with Crippen LogP contribution in [0.3, 0.4) is 0 Å². The highest BCUT2D eigenvalue weighted by Gasteiger charge is 2.10. The third-order valence-electron chi connectivity index (χ3n) is 5.23. The maximum Gasteiger partial charge on any atom is 0.226 e. The Labute approximate surface area is 201 Å². The first-order valence-electron chi connectivity index (χ1n) is 10.3. The lowest BCUT2D eigenvalue weighted by atomic mass is 10.2. The molecule has 2 aromatic carbocycles. The number of carbonyl (C=O) groups excluding carboxylic acids is 2. The zero-order valence-electron chi connectivity index (χ0n) is 18.2. The molecule has 2 amide bonds. The highest BCUT2D eigenvalue weighted by Crippen LogP contribution is 2.22. The lowest BCUT2D eigenvalue weighted by Crippen LogP contribution is -2.17. The van der Waals surface area contributed by atoms with Crippen LogP contribution in [0.4, 0.5) is 11.4 Å². The van der Waals surface area contributed by atoms with Gasteiger partial charge >= 0.3 is 0 Å². The molecule has 0 spiro atoms. The van der Waals surface area contributed by atoms with Crippen LogP contribution < -0.4 is 10.6 Å². The van der Waals surface area contributed by atoms with E-state index in [0.29, 0.717) is 21.7 Å². The number of hydrogen-bond donors (Lipinski definition) is 4. The SMILES string of the molecule is Cn1c(S)nc2ccc(NC(=O)CCOCCC(=O)Nc3ccc4nc(S)n(C)c4c3)cc21. The largest absolute Gasteiger partial charge is 0.380 e. The Morgan fingerprint density at radius 1 is 0.818 bits per heavy atom. The molecule has 2 heterocycles. The first-order chi connectivity index (χ1) is 15.8. The number of aromatic nitrogens is 4. The molecule has 0 aliphatic carbocycles. The van der Waals surface area contributed by atoms with E-state index in [9.17, 15) is 9.59 Å². The molecule has 0 atom stereocenters. The van der Waals surface area contributed by atoms with Gasteiger partial charge in [0.15, 0.2) is 10.3 Å². The van der Waals surface area contributed by atoms with Crippen LogP contribution in [0, 0.1) is 0 Å². The van der Waals surface area contributed by atoms with Gasteiger partial charge in [0.2, 0.25) is 11.8 Å². The van der Waals surface area contributed by atoms with Crippen molar-refractivity contribution in [3.63, 3.8) is 0 Å². The Morgan fingerprint density at radius 2 is 1.24 bits per heavy atom. The predicted molar refractivity (Wildman–Crippen MR) is 133 cm³/mol. The number of imidazole rings is 2. The topological polar surface area (TPSA) is 103 Å². The molecule has 0 saturated carbocycles. The molecule has 0 saturated heterocycles. The Hall–Kier alpha value is -3.02. The predicted octanol–water partition coefficient (Wildman–Crippen LogP) is 3.41. The summed E-state index contributed by atoms with van der Waals surface area (Å²) in [6.45, 7) is 0.444. The number of ether oxygens (including phenoxy) is 1. The lowest BCUT2D eigenvalue weighted by molar-refractivity contribution is -0.117. The van der Waals surface area contributed by atoms with Crippen LogP contribution in [0.2, 0.25) is 0 Å². The first kappa shape index (κ1) is 23.1. The van der Waals surface area contributed by atoms with Crippen LogP contribution >= 0.6 is 25.3 Å².